The molecule has 1 aromatic heterocycles. The number of carbonyl (C=O) groups excluding carboxylic acids is 1. The Morgan fingerprint density at radius 2 is 1.92 bits per heavy atom. The first-order chi connectivity index (χ1) is 12.7. The topological polar surface area (TPSA) is 56.1 Å². The van der Waals surface area contributed by atoms with Crippen molar-refractivity contribution < 1.29 is 9.53 Å². The lowest BCUT2D eigenvalue weighted by Gasteiger charge is -2.07. The van der Waals surface area contributed by atoms with Crippen LogP contribution in [0.25, 0.3) is 5.69 Å². The van der Waals surface area contributed by atoms with E-state index in [-0.39, 0.29) is 5.91 Å². The van der Waals surface area contributed by atoms with Crippen LogP contribution >= 0.6 is 11.8 Å². The van der Waals surface area contributed by atoms with Crippen LogP contribution in [0.15, 0.2) is 67.0 Å². The summed E-state index contributed by atoms with van der Waals surface area (Å²) in [5.74, 6) is 2.00. The highest BCUT2D eigenvalue weighted by Gasteiger charge is 2.04. The fraction of sp³-hybridized carbons (Fsp3) is 0.200. The molecular formula is C20H21N3O2S. The first-order valence-electron chi connectivity index (χ1n) is 8.44. The van der Waals surface area contributed by atoms with Crippen molar-refractivity contribution in [2.24, 2.45) is 0 Å². The van der Waals surface area contributed by atoms with Gasteiger partial charge in [-0.05, 0) is 55.0 Å². The Morgan fingerprint density at radius 3 is 2.58 bits per heavy atom. The summed E-state index contributed by atoms with van der Waals surface area (Å²) >= 11 is 1.59. The second-order valence-electron chi connectivity index (χ2n) is 5.62. The van der Waals surface area contributed by atoms with E-state index in [1.807, 2.05) is 60.3 Å². The molecule has 0 saturated carbocycles. The Labute approximate surface area is 157 Å². The van der Waals surface area contributed by atoms with E-state index in [1.54, 1.807) is 18.0 Å². The Kier molecular flexibility index (Phi) is 6.33. The molecule has 0 spiro atoms. The number of aromatic nitrogens is 2. The predicted molar refractivity (Wildman–Crippen MR) is 106 cm³/mol. The number of thioether (sulfide) groups is 1. The minimum atomic E-state index is -0.00711. The minimum absolute atomic E-state index is 0.00711. The van der Waals surface area contributed by atoms with Crippen LogP contribution in [0, 0.1) is 0 Å². The summed E-state index contributed by atoms with van der Waals surface area (Å²) in [4.78, 5) is 12.0. The number of benzene rings is 2. The molecule has 0 aliphatic heterocycles. The molecule has 1 heterocycles. The third-order valence-electron chi connectivity index (χ3n) is 3.66. The molecule has 6 heteroatoms. The zero-order chi connectivity index (χ0) is 18.2. The van der Waals surface area contributed by atoms with Crippen LogP contribution < -0.4 is 10.1 Å². The van der Waals surface area contributed by atoms with Crippen molar-refractivity contribution in [3.05, 3.63) is 72.6 Å². The molecule has 0 atom stereocenters. The Balaban J connectivity index is 1.43. The van der Waals surface area contributed by atoms with Crippen molar-refractivity contribution in [1.29, 1.82) is 0 Å². The lowest BCUT2D eigenvalue weighted by atomic mass is 10.2. The summed E-state index contributed by atoms with van der Waals surface area (Å²) in [7, 11) is 0. The average Bonchev–Trinajstić information content (AvgIpc) is 3.19. The lowest BCUT2D eigenvalue weighted by Crippen LogP contribution is -2.14. The highest BCUT2D eigenvalue weighted by molar-refractivity contribution is 7.99. The van der Waals surface area contributed by atoms with Gasteiger partial charge in [-0.2, -0.15) is 5.10 Å². The lowest BCUT2D eigenvalue weighted by molar-refractivity contribution is -0.113. The van der Waals surface area contributed by atoms with E-state index in [1.165, 1.54) is 5.56 Å². The first-order valence-corrected chi connectivity index (χ1v) is 9.59. The molecule has 3 aromatic rings. The fourth-order valence-corrected chi connectivity index (χ4v) is 3.21. The average molecular weight is 367 g/mol. The number of hydrogen-bond donors (Lipinski definition) is 1. The number of rotatable bonds is 8. The van der Waals surface area contributed by atoms with E-state index < -0.39 is 0 Å². The van der Waals surface area contributed by atoms with Gasteiger partial charge in [-0.1, -0.05) is 12.1 Å². The van der Waals surface area contributed by atoms with Crippen LogP contribution in [0.3, 0.4) is 0 Å². The van der Waals surface area contributed by atoms with Crippen LogP contribution in [-0.2, 0) is 10.5 Å². The third-order valence-corrected chi connectivity index (χ3v) is 4.66. The Morgan fingerprint density at radius 1 is 1.15 bits per heavy atom. The van der Waals surface area contributed by atoms with Gasteiger partial charge in [0.15, 0.2) is 0 Å². The first kappa shape index (κ1) is 18.1. The van der Waals surface area contributed by atoms with Crippen LogP contribution in [0.1, 0.15) is 12.5 Å². The largest absolute Gasteiger partial charge is 0.494 e. The van der Waals surface area contributed by atoms with E-state index in [9.17, 15) is 4.79 Å². The van der Waals surface area contributed by atoms with Crippen molar-refractivity contribution in [2.45, 2.75) is 12.7 Å². The Bertz CT molecular complexity index is 815. The van der Waals surface area contributed by atoms with Crippen LogP contribution in [0.5, 0.6) is 5.75 Å². The van der Waals surface area contributed by atoms with Crippen molar-refractivity contribution in [2.75, 3.05) is 17.7 Å². The van der Waals surface area contributed by atoms with Crippen LogP contribution in [-0.4, -0.2) is 28.0 Å². The van der Waals surface area contributed by atoms with Gasteiger partial charge in [0.25, 0.3) is 0 Å². The number of hydrogen-bond acceptors (Lipinski definition) is 4. The molecule has 1 amide bonds. The summed E-state index contributed by atoms with van der Waals surface area (Å²) in [6, 6.07) is 17.5. The molecular weight excluding hydrogens is 346 g/mol. The van der Waals surface area contributed by atoms with Crippen molar-refractivity contribution in [3.63, 3.8) is 0 Å². The molecule has 134 valence electrons. The number of carbonyl (C=O) groups is 1. The zero-order valence-corrected chi connectivity index (χ0v) is 15.4. The second kappa shape index (κ2) is 9.10. The van der Waals surface area contributed by atoms with Crippen molar-refractivity contribution >= 4 is 23.4 Å². The van der Waals surface area contributed by atoms with E-state index in [0.717, 1.165) is 22.9 Å². The summed E-state index contributed by atoms with van der Waals surface area (Å²) in [5.41, 5.74) is 2.99. The normalized spacial score (nSPS) is 10.5. The van der Waals surface area contributed by atoms with Gasteiger partial charge in [-0.3, -0.25) is 4.79 Å². The van der Waals surface area contributed by atoms with Crippen molar-refractivity contribution in [1.82, 2.24) is 9.78 Å². The number of nitrogens with one attached hydrogen (secondary N) is 1. The molecule has 0 aliphatic rings. The Hall–Kier alpha value is -2.73. The molecule has 5 nitrogen and oxygen atoms in total. The number of anilines is 1. The maximum atomic E-state index is 12.0. The van der Waals surface area contributed by atoms with Gasteiger partial charge in [-0.15, -0.1) is 11.8 Å². The number of ether oxygens (including phenoxy) is 1. The fourth-order valence-electron chi connectivity index (χ4n) is 2.43. The van der Waals surface area contributed by atoms with Gasteiger partial charge in [0.05, 0.1) is 18.0 Å². The molecule has 3 rings (SSSR count). The van der Waals surface area contributed by atoms with E-state index in [4.69, 9.17) is 4.74 Å². The molecule has 0 fully saturated rings. The number of nitrogens with zero attached hydrogens (tertiary/aromatic N) is 2. The maximum absolute atomic E-state index is 12.0. The van der Waals surface area contributed by atoms with Gasteiger partial charge in [-0.25, -0.2) is 4.68 Å². The minimum Gasteiger partial charge on any atom is -0.494 e. The monoisotopic (exact) mass is 367 g/mol. The maximum Gasteiger partial charge on any atom is 0.234 e. The molecule has 26 heavy (non-hydrogen) atoms. The van der Waals surface area contributed by atoms with Gasteiger partial charge in [0.2, 0.25) is 5.91 Å². The summed E-state index contributed by atoms with van der Waals surface area (Å²) in [6.07, 6.45) is 3.67. The van der Waals surface area contributed by atoms with Gasteiger partial charge < -0.3 is 10.1 Å². The summed E-state index contributed by atoms with van der Waals surface area (Å²) in [5, 5.41) is 7.11. The van der Waals surface area contributed by atoms with E-state index in [0.29, 0.717) is 12.4 Å². The van der Waals surface area contributed by atoms with Gasteiger partial charge in [0.1, 0.15) is 5.75 Å². The van der Waals surface area contributed by atoms with E-state index in [2.05, 4.69) is 22.5 Å². The zero-order valence-electron chi connectivity index (χ0n) is 14.6. The van der Waals surface area contributed by atoms with Crippen LogP contribution in [0.4, 0.5) is 5.69 Å². The SMILES string of the molecule is CCOc1ccc(NC(=O)CSCc2ccc(-n3cccn3)cc2)cc1. The molecule has 0 bridgehead atoms. The van der Waals surface area contributed by atoms with Crippen molar-refractivity contribution in [3.8, 4) is 11.4 Å². The molecule has 0 radical (unpaired) electrons. The third kappa shape index (κ3) is 5.13. The molecule has 0 aliphatic carbocycles. The standard InChI is InChI=1S/C20H21N3O2S/c1-2-25-19-10-6-17(7-11-19)22-20(24)15-26-14-16-4-8-18(9-5-16)23-13-3-12-21-23/h3-13H,2,14-15H2,1H3,(H,22,24). The van der Waals surface area contributed by atoms with Gasteiger partial charge in [0, 0.05) is 23.8 Å². The smallest absolute Gasteiger partial charge is 0.234 e. The quantitative estimate of drug-likeness (QED) is 0.650. The summed E-state index contributed by atoms with van der Waals surface area (Å²) in [6.45, 7) is 2.57. The second-order valence-corrected chi connectivity index (χ2v) is 6.60. The predicted octanol–water partition coefficient (Wildman–Crippen LogP) is 4.14. The molecule has 0 unspecified atom stereocenters. The molecule has 0 saturated heterocycles. The highest BCUT2D eigenvalue weighted by atomic mass is 32.2. The summed E-state index contributed by atoms with van der Waals surface area (Å²) < 4.78 is 7.21. The van der Waals surface area contributed by atoms with E-state index >= 15 is 0 Å². The molecule has 2 aromatic carbocycles. The van der Waals surface area contributed by atoms with Crippen LogP contribution in [0.2, 0.25) is 0 Å². The highest BCUT2D eigenvalue weighted by Crippen LogP contribution is 2.17. The van der Waals surface area contributed by atoms with Gasteiger partial charge >= 0.3 is 0 Å². The molecule has 1 N–H and O–H groups in total. The number of amides is 1.